The van der Waals surface area contributed by atoms with Crippen molar-refractivity contribution in [3.05, 3.63) is 99.0 Å². The van der Waals surface area contributed by atoms with Crippen LogP contribution in [0.1, 0.15) is 53.9 Å². The van der Waals surface area contributed by atoms with E-state index in [1.54, 1.807) is 23.1 Å². The highest BCUT2D eigenvalue weighted by Crippen LogP contribution is 2.35. The van der Waals surface area contributed by atoms with Crippen LogP contribution in [-0.2, 0) is 5.60 Å². The van der Waals surface area contributed by atoms with Gasteiger partial charge in [0.25, 0.3) is 5.91 Å². The number of hydrogen-bond donors (Lipinski definition) is 1. The first-order valence-corrected chi connectivity index (χ1v) is 14.0. The van der Waals surface area contributed by atoms with Crippen LogP contribution >= 0.6 is 23.2 Å². The van der Waals surface area contributed by atoms with Crippen molar-refractivity contribution < 1.29 is 9.90 Å². The third kappa shape index (κ3) is 6.57. The summed E-state index contributed by atoms with van der Waals surface area (Å²) in [5.74, 6) is -0.00735. The largest absolute Gasteiger partial charge is 0.384 e. The van der Waals surface area contributed by atoms with Gasteiger partial charge in [-0.25, -0.2) is 0 Å². The number of rotatable bonds is 8. The molecule has 4 rings (SSSR count). The van der Waals surface area contributed by atoms with Crippen molar-refractivity contribution in [3.63, 3.8) is 0 Å². The average Bonchev–Trinajstić information content (AvgIpc) is 2.94. The number of amides is 1. The van der Waals surface area contributed by atoms with Crippen molar-refractivity contribution >= 4 is 34.8 Å². The smallest absolute Gasteiger partial charge is 0.253 e. The Labute approximate surface area is 241 Å². The molecular weight excluding hydrogens is 531 g/mol. The number of hydrogen-bond acceptors (Lipinski definition) is 5. The quantitative estimate of drug-likeness (QED) is 0.357. The van der Waals surface area contributed by atoms with Crippen molar-refractivity contribution in [1.82, 2.24) is 9.80 Å². The maximum absolute atomic E-state index is 12.7. The second kappa shape index (κ2) is 12.4. The molecule has 8 heteroatoms. The Morgan fingerprint density at radius 1 is 1.03 bits per heavy atom. The molecule has 0 aliphatic carbocycles. The van der Waals surface area contributed by atoms with Crippen LogP contribution in [-0.4, -0.2) is 60.1 Å². The summed E-state index contributed by atoms with van der Waals surface area (Å²) in [6.07, 6.45) is 0. The third-order valence-electron chi connectivity index (χ3n) is 7.44. The minimum atomic E-state index is -1.12. The molecule has 204 valence electrons. The van der Waals surface area contributed by atoms with Gasteiger partial charge in [0.05, 0.1) is 22.9 Å². The van der Waals surface area contributed by atoms with Gasteiger partial charge in [0.15, 0.2) is 0 Å². The molecule has 6 nitrogen and oxygen atoms in total. The number of benzene rings is 3. The Hall–Kier alpha value is -3.08. The maximum Gasteiger partial charge on any atom is 0.253 e. The molecule has 3 aromatic rings. The summed E-state index contributed by atoms with van der Waals surface area (Å²) in [5.41, 5.74) is 2.69. The SMILES string of the molecule is CCN(CC)C(=O)c1ccc([C@](C)(O)CN2CCN(c3ccc(Cl)cc3C#N)C(c3ccc(Cl)cc3)C2)cc1. The lowest BCUT2D eigenvalue weighted by Gasteiger charge is -2.45. The Balaban J connectivity index is 1.56. The number of nitriles is 1. The highest BCUT2D eigenvalue weighted by atomic mass is 35.5. The monoisotopic (exact) mass is 564 g/mol. The second-order valence-electron chi connectivity index (χ2n) is 10.1. The highest BCUT2D eigenvalue weighted by molar-refractivity contribution is 6.31. The van der Waals surface area contributed by atoms with E-state index in [0.717, 1.165) is 16.8 Å². The summed E-state index contributed by atoms with van der Waals surface area (Å²) in [7, 11) is 0. The van der Waals surface area contributed by atoms with Gasteiger partial charge in [-0.3, -0.25) is 9.69 Å². The topological polar surface area (TPSA) is 70.8 Å². The van der Waals surface area contributed by atoms with E-state index in [2.05, 4.69) is 15.9 Å². The number of carbonyl (C=O) groups excluding carboxylic acids is 1. The van der Waals surface area contributed by atoms with E-state index in [1.807, 2.05) is 69.3 Å². The zero-order valence-electron chi connectivity index (χ0n) is 22.6. The van der Waals surface area contributed by atoms with Crippen molar-refractivity contribution in [3.8, 4) is 6.07 Å². The summed E-state index contributed by atoms with van der Waals surface area (Å²) in [5, 5.41) is 22.5. The van der Waals surface area contributed by atoms with Crippen LogP contribution in [0.4, 0.5) is 5.69 Å². The summed E-state index contributed by atoms with van der Waals surface area (Å²) in [4.78, 5) is 19.0. The molecule has 1 fully saturated rings. The van der Waals surface area contributed by atoms with E-state index in [9.17, 15) is 15.2 Å². The number of anilines is 1. The first-order chi connectivity index (χ1) is 18.7. The molecule has 0 saturated carbocycles. The molecule has 1 aliphatic heterocycles. The molecule has 2 atom stereocenters. The molecule has 1 aliphatic rings. The summed E-state index contributed by atoms with van der Waals surface area (Å²) < 4.78 is 0. The first-order valence-electron chi connectivity index (χ1n) is 13.2. The Bertz CT molecular complexity index is 1330. The molecule has 0 spiro atoms. The van der Waals surface area contributed by atoms with Crippen LogP contribution in [0.3, 0.4) is 0 Å². The highest BCUT2D eigenvalue weighted by Gasteiger charge is 2.34. The van der Waals surface area contributed by atoms with Crippen LogP contribution in [0, 0.1) is 11.3 Å². The van der Waals surface area contributed by atoms with Crippen LogP contribution < -0.4 is 4.90 Å². The summed E-state index contributed by atoms with van der Waals surface area (Å²) in [6, 6.07) is 22.7. The molecule has 3 aromatic carbocycles. The molecule has 1 saturated heterocycles. The van der Waals surface area contributed by atoms with E-state index in [1.165, 1.54) is 0 Å². The van der Waals surface area contributed by atoms with Crippen LogP contribution in [0.2, 0.25) is 10.0 Å². The van der Waals surface area contributed by atoms with E-state index in [4.69, 9.17) is 23.2 Å². The van der Waals surface area contributed by atoms with Gasteiger partial charge in [0.2, 0.25) is 0 Å². The predicted molar refractivity (Wildman–Crippen MR) is 157 cm³/mol. The van der Waals surface area contributed by atoms with Crippen molar-refractivity contribution in [2.45, 2.75) is 32.4 Å². The number of β-amino-alcohol motifs (C(OH)–C–C–N with tert-alkyl or cyclic N) is 1. The Kier molecular flexibility index (Phi) is 9.19. The molecule has 1 N–H and O–H groups in total. The van der Waals surface area contributed by atoms with Crippen LogP contribution in [0.15, 0.2) is 66.7 Å². The molecular formula is C31H34Cl2N4O2. The molecule has 1 amide bonds. The molecule has 0 aromatic heterocycles. The normalized spacial score (nSPS) is 17.4. The average molecular weight is 566 g/mol. The third-order valence-corrected chi connectivity index (χ3v) is 7.93. The lowest BCUT2D eigenvalue weighted by atomic mass is 9.93. The molecule has 0 bridgehead atoms. The maximum atomic E-state index is 12.7. The van der Waals surface area contributed by atoms with Gasteiger partial charge in [0.1, 0.15) is 6.07 Å². The van der Waals surface area contributed by atoms with Crippen LogP contribution in [0.25, 0.3) is 0 Å². The molecule has 1 unspecified atom stereocenters. The molecule has 39 heavy (non-hydrogen) atoms. The lowest BCUT2D eigenvalue weighted by molar-refractivity contribution is 0.0102. The van der Waals surface area contributed by atoms with Crippen molar-refractivity contribution in [1.29, 1.82) is 5.26 Å². The second-order valence-corrected chi connectivity index (χ2v) is 11.0. The van der Waals surface area contributed by atoms with Gasteiger partial charge >= 0.3 is 0 Å². The van der Waals surface area contributed by atoms with Gasteiger partial charge in [0, 0.05) is 54.9 Å². The van der Waals surface area contributed by atoms with Crippen LogP contribution in [0.5, 0.6) is 0 Å². The standard InChI is InChI=1S/C31H34Cl2N4O2/c1-4-36(5-2)30(38)23-6-10-25(11-7-23)31(3,39)21-35-16-17-37(28-15-14-27(33)18-24(28)19-34)29(20-35)22-8-12-26(32)13-9-22/h6-15,18,29,39H,4-5,16-17,20-21H2,1-3H3/t29?,31-/m1/s1. The van der Waals surface area contributed by atoms with Gasteiger partial charge < -0.3 is 14.9 Å². The first kappa shape index (κ1) is 28.9. The van der Waals surface area contributed by atoms with Gasteiger partial charge in [-0.2, -0.15) is 5.26 Å². The number of nitrogens with zero attached hydrogens (tertiary/aromatic N) is 4. The number of halogens is 2. The fourth-order valence-corrected chi connectivity index (χ4v) is 5.58. The van der Waals surface area contributed by atoms with Gasteiger partial charge in [-0.1, -0.05) is 47.5 Å². The summed E-state index contributed by atoms with van der Waals surface area (Å²) >= 11 is 12.4. The fraction of sp³-hybridized carbons (Fsp3) is 0.355. The predicted octanol–water partition coefficient (Wildman–Crippen LogP) is 6.12. The minimum absolute atomic E-state index is 0.00735. The number of piperazine rings is 1. The van der Waals surface area contributed by atoms with E-state index < -0.39 is 5.60 Å². The Morgan fingerprint density at radius 2 is 1.67 bits per heavy atom. The number of carbonyl (C=O) groups is 1. The van der Waals surface area contributed by atoms with E-state index in [-0.39, 0.29) is 11.9 Å². The Morgan fingerprint density at radius 3 is 2.28 bits per heavy atom. The lowest BCUT2D eigenvalue weighted by Crippen LogP contribution is -2.52. The van der Waals surface area contributed by atoms with Gasteiger partial charge in [-0.05, 0) is 74.4 Å². The van der Waals surface area contributed by atoms with Gasteiger partial charge in [-0.15, -0.1) is 0 Å². The van der Waals surface area contributed by atoms with E-state index >= 15 is 0 Å². The molecule has 0 radical (unpaired) electrons. The zero-order chi connectivity index (χ0) is 28.2. The molecule has 1 heterocycles. The summed E-state index contributed by atoms with van der Waals surface area (Å²) in [6.45, 7) is 9.47. The van der Waals surface area contributed by atoms with Crippen molar-refractivity contribution in [2.24, 2.45) is 0 Å². The number of aliphatic hydroxyl groups is 1. The fourth-order valence-electron chi connectivity index (χ4n) is 5.28. The minimum Gasteiger partial charge on any atom is -0.384 e. The van der Waals surface area contributed by atoms with E-state index in [0.29, 0.717) is 60.4 Å². The zero-order valence-corrected chi connectivity index (χ0v) is 24.1. The van der Waals surface area contributed by atoms with Crippen molar-refractivity contribution in [2.75, 3.05) is 44.2 Å².